The molecule has 2 aliphatic heterocycles. The number of amidine groups is 1. The molecular formula is C20H22ClN3O2S. The summed E-state index contributed by atoms with van der Waals surface area (Å²) in [5.74, 6) is 1.23. The molecule has 1 fully saturated rings. The second-order valence-electron chi connectivity index (χ2n) is 6.60. The predicted molar refractivity (Wildman–Crippen MR) is 110 cm³/mol. The Morgan fingerprint density at radius 2 is 2.19 bits per heavy atom. The molecule has 5 nitrogen and oxygen atoms in total. The highest BCUT2D eigenvalue weighted by Crippen LogP contribution is 2.49. The fraction of sp³-hybridized carbons (Fsp3) is 0.400. The van der Waals surface area contributed by atoms with Gasteiger partial charge < -0.3 is 14.4 Å². The molecule has 1 aromatic carbocycles. The Balaban J connectivity index is 1.79. The summed E-state index contributed by atoms with van der Waals surface area (Å²) < 4.78 is 11.2. The lowest BCUT2D eigenvalue weighted by Gasteiger charge is -2.28. The number of nitrogens with zero attached hydrogens (tertiary/aromatic N) is 3. The van der Waals surface area contributed by atoms with Crippen molar-refractivity contribution in [2.75, 3.05) is 20.3 Å². The highest BCUT2D eigenvalue weighted by Gasteiger charge is 2.43. The summed E-state index contributed by atoms with van der Waals surface area (Å²) in [5.41, 5.74) is 2.02. The second-order valence-corrected chi connectivity index (χ2v) is 8.42. The first-order valence-corrected chi connectivity index (χ1v) is 10.3. The van der Waals surface area contributed by atoms with E-state index < -0.39 is 0 Å². The quantitative estimate of drug-likeness (QED) is 0.722. The normalized spacial score (nSPS) is 23.9. The first-order valence-electron chi connectivity index (χ1n) is 9.04. The van der Waals surface area contributed by atoms with Crippen LogP contribution in [0, 0.1) is 0 Å². The Labute approximate surface area is 168 Å². The van der Waals surface area contributed by atoms with Crippen molar-refractivity contribution >= 4 is 28.5 Å². The molecule has 0 spiro atoms. The van der Waals surface area contributed by atoms with E-state index in [-0.39, 0.29) is 12.1 Å². The summed E-state index contributed by atoms with van der Waals surface area (Å²) in [6.07, 6.45) is 1.82. The zero-order valence-electron chi connectivity index (χ0n) is 15.6. The standard InChI is InChI=1S/C20H22ClN3O2S/c1-4-26-19-14(21)9-13(10-16(19)25-3)18-17(15-7-5-6-8-22-15)23-20-24(18)11-12(2)27-20/h5-10,12,17-18H,4,11H2,1-3H3/t12-,17+,18+/m0/s1. The largest absolute Gasteiger partial charge is 0.493 e. The lowest BCUT2D eigenvalue weighted by molar-refractivity contribution is 0.304. The third-order valence-corrected chi connectivity index (χ3v) is 6.15. The Kier molecular flexibility index (Phi) is 5.19. The summed E-state index contributed by atoms with van der Waals surface area (Å²) in [6, 6.07) is 9.92. The van der Waals surface area contributed by atoms with Crippen LogP contribution in [0.25, 0.3) is 0 Å². The third kappa shape index (κ3) is 3.36. The predicted octanol–water partition coefficient (Wildman–Crippen LogP) is 4.73. The van der Waals surface area contributed by atoms with Crippen LogP contribution in [0.15, 0.2) is 41.5 Å². The lowest BCUT2D eigenvalue weighted by atomic mass is 9.96. The van der Waals surface area contributed by atoms with Crippen molar-refractivity contribution in [3.8, 4) is 11.5 Å². The maximum Gasteiger partial charge on any atom is 0.179 e. The number of hydrogen-bond acceptors (Lipinski definition) is 6. The van der Waals surface area contributed by atoms with Crippen LogP contribution in [0.5, 0.6) is 11.5 Å². The van der Waals surface area contributed by atoms with E-state index in [0.717, 1.165) is 23.0 Å². The molecule has 142 valence electrons. The van der Waals surface area contributed by atoms with Crippen LogP contribution in [-0.4, -0.2) is 40.6 Å². The Bertz CT molecular complexity index is 862. The van der Waals surface area contributed by atoms with E-state index in [4.69, 9.17) is 26.1 Å². The van der Waals surface area contributed by atoms with Crippen molar-refractivity contribution in [1.29, 1.82) is 0 Å². The fourth-order valence-corrected chi connectivity index (χ4v) is 5.04. The van der Waals surface area contributed by atoms with Gasteiger partial charge in [-0.2, -0.15) is 0 Å². The molecule has 3 atom stereocenters. The first kappa shape index (κ1) is 18.4. The summed E-state index contributed by atoms with van der Waals surface area (Å²) in [6.45, 7) is 5.64. The molecule has 0 radical (unpaired) electrons. The van der Waals surface area contributed by atoms with Gasteiger partial charge in [-0.05, 0) is 36.8 Å². The molecule has 1 aromatic heterocycles. The Morgan fingerprint density at radius 3 is 2.89 bits per heavy atom. The molecule has 2 aromatic rings. The van der Waals surface area contributed by atoms with E-state index >= 15 is 0 Å². The molecule has 0 aliphatic carbocycles. The van der Waals surface area contributed by atoms with Crippen molar-refractivity contribution in [1.82, 2.24) is 9.88 Å². The van der Waals surface area contributed by atoms with Crippen LogP contribution in [0.1, 0.15) is 37.2 Å². The SMILES string of the molecule is CCOc1c(Cl)cc([C@@H]2[C@@H](c3ccccn3)N=C3S[C@@H](C)CN32)cc1OC. The van der Waals surface area contributed by atoms with Crippen LogP contribution in [-0.2, 0) is 0 Å². The van der Waals surface area contributed by atoms with Gasteiger partial charge in [-0.3, -0.25) is 9.98 Å². The van der Waals surface area contributed by atoms with E-state index in [2.05, 4.69) is 16.8 Å². The number of aliphatic imine (C=N–C) groups is 1. The first-order chi connectivity index (χ1) is 13.1. The second kappa shape index (κ2) is 7.60. The van der Waals surface area contributed by atoms with Crippen molar-refractivity contribution in [2.24, 2.45) is 4.99 Å². The molecule has 0 bridgehead atoms. The van der Waals surface area contributed by atoms with Gasteiger partial charge in [0, 0.05) is 18.0 Å². The molecular weight excluding hydrogens is 382 g/mol. The molecule has 0 unspecified atom stereocenters. The van der Waals surface area contributed by atoms with Gasteiger partial charge in [-0.25, -0.2) is 0 Å². The number of methoxy groups -OCH3 is 1. The zero-order valence-corrected chi connectivity index (χ0v) is 17.1. The van der Waals surface area contributed by atoms with Gasteiger partial charge in [0.15, 0.2) is 16.7 Å². The zero-order chi connectivity index (χ0) is 19.0. The molecule has 1 saturated heterocycles. The molecule has 27 heavy (non-hydrogen) atoms. The lowest BCUT2D eigenvalue weighted by Crippen LogP contribution is -2.28. The maximum atomic E-state index is 6.55. The van der Waals surface area contributed by atoms with Crippen molar-refractivity contribution in [3.63, 3.8) is 0 Å². The molecule has 2 aliphatic rings. The highest BCUT2D eigenvalue weighted by atomic mass is 35.5. The Hall–Kier alpha value is -1.92. The van der Waals surface area contributed by atoms with Gasteiger partial charge in [0.05, 0.1) is 30.5 Å². The summed E-state index contributed by atoms with van der Waals surface area (Å²) in [7, 11) is 1.64. The number of hydrogen-bond donors (Lipinski definition) is 0. The molecule has 0 N–H and O–H groups in total. The number of aromatic nitrogens is 1. The molecule has 3 heterocycles. The van der Waals surface area contributed by atoms with Crippen LogP contribution in [0.4, 0.5) is 0 Å². The highest BCUT2D eigenvalue weighted by molar-refractivity contribution is 8.14. The minimum Gasteiger partial charge on any atom is -0.493 e. The average Bonchev–Trinajstić information content (AvgIpc) is 3.20. The third-order valence-electron chi connectivity index (χ3n) is 4.76. The number of ether oxygens (including phenoxy) is 2. The van der Waals surface area contributed by atoms with Gasteiger partial charge in [0.2, 0.25) is 0 Å². The van der Waals surface area contributed by atoms with Crippen molar-refractivity contribution < 1.29 is 9.47 Å². The number of rotatable bonds is 5. The van der Waals surface area contributed by atoms with Gasteiger partial charge >= 0.3 is 0 Å². The smallest absolute Gasteiger partial charge is 0.179 e. The van der Waals surface area contributed by atoms with Crippen LogP contribution in [0.3, 0.4) is 0 Å². The number of fused-ring (bicyclic) bond motifs is 1. The molecule has 4 rings (SSSR count). The average molecular weight is 404 g/mol. The monoisotopic (exact) mass is 403 g/mol. The Morgan fingerprint density at radius 1 is 1.33 bits per heavy atom. The van der Waals surface area contributed by atoms with E-state index in [9.17, 15) is 0 Å². The summed E-state index contributed by atoms with van der Waals surface area (Å²) in [5, 5.41) is 2.14. The molecule has 0 amide bonds. The van der Waals surface area contributed by atoms with Crippen LogP contribution < -0.4 is 9.47 Å². The van der Waals surface area contributed by atoms with Crippen LogP contribution >= 0.6 is 23.4 Å². The van der Waals surface area contributed by atoms with Gasteiger partial charge in [0.1, 0.15) is 6.04 Å². The maximum absolute atomic E-state index is 6.55. The van der Waals surface area contributed by atoms with E-state index in [1.54, 1.807) is 7.11 Å². The van der Waals surface area contributed by atoms with Crippen LogP contribution in [0.2, 0.25) is 5.02 Å². The molecule has 0 saturated carbocycles. The fourth-order valence-electron chi connectivity index (χ4n) is 3.67. The summed E-state index contributed by atoms with van der Waals surface area (Å²) >= 11 is 8.37. The topological polar surface area (TPSA) is 47.0 Å². The minimum atomic E-state index is -0.0695. The van der Waals surface area contributed by atoms with E-state index in [0.29, 0.717) is 28.4 Å². The minimum absolute atomic E-state index is 0.0365. The number of halogens is 1. The van der Waals surface area contributed by atoms with E-state index in [1.165, 1.54) is 0 Å². The van der Waals surface area contributed by atoms with E-state index in [1.807, 2.05) is 55.2 Å². The van der Waals surface area contributed by atoms with Gasteiger partial charge in [-0.1, -0.05) is 36.4 Å². The van der Waals surface area contributed by atoms with Gasteiger partial charge in [0.25, 0.3) is 0 Å². The van der Waals surface area contributed by atoms with Gasteiger partial charge in [-0.15, -0.1) is 0 Å². The van der Waals surface area contributed by atoms with Crippen molar-refractivity contribution in [2.45, 2.75) is 31.2 Å². The number of pyridine rings is 1. The van der Waals surface area contributed by atoms with Crippen molar-refractivity contribution in [3.05, 3.63) is 52.8 Å². The summed E-state index contributed by atoms with van der Waals surface area (Å²) in [4.78, 5) is 11.9. The number of benzene rings is 1. The number of thioether (sulfide) groups is 1. The molecule has 7 heteroatoms.